The van der Waals surface area contributed by atoms with Gasteiger partial charge in [-0.15, -0.1) is 0 Å². The van der Waals surface area contributed by atoms with Crippen molar-refractivity contribution in [3.8, 4) is 0 Å². The molecule has 1 aromatic rings. The molecule has 0 aliphatic rings. The van der Waals surface area contributed by atoms with Crippen molar-refractivity contribution in [1.29, 1.82) is 0 Å². The van der Waals surface area contributed by atoms with Crippen molar-refractivity contribution in [2.75, 3.05) is 13.7 Å². The zero-order valence-electron chi connectivity index (χ0n) is 12.1. The average Bonchev–Trinajstić information content (AvgIpc) is 2.45. The van der Waals surface area contributed by atoms with Crippen molar-refractivity contribution in [1.82, 2.24) is 5.32 Å². The maximum Gasteiger partial charge on any atom is 0.326 e. The quantitative estimate of drug-likeness (QED) is 0.771. The topological polar surface area (TPSA) is 75.6 Å². The molecule has 0 fully saturated rings. The number of aliphatic carboxylic acids is 1. The Bertz CT molecular complexity index is 492. The van der Waals surface area contributed by atoms with Gasteiger partial charge in [-0.3, -0.25) is 4.79 Å². The fraction of sp³-hybridized carbons (Fsp3) is 0.467. The Morgan fingerprint density at radius 3 is 2.62 bits per heavy atom. The van der Waals surface area contributed by atoms with E-state index in [0.29, 0.717) is 11.4 Å². The lowest BCUT2D eigenvalue weighted by Crippen LogP contribution is -2.44. The Morgan fingerprint density at radius 1 is 1.38 bits per heavy atom. The SMILES string of the molecule is COCCC(NC(=O)C(C)Cc1ccccc1Cl)C(=O)O. The summed E-state index contributed by atoms with van der Waals surface area (Å²) in [7, 11) is 1.49. The number of carboxylic acid groups (broad SMARTS) is 1. The van der Waals surface area contributed by atoms with E-state index >= 15 is 0 Å². The van der Waals surface area contributed by atoms with Gasteiger partial charge in [0.1, 0.15) is 6.04 Å². The van der Waals surface area contributed by atoms with Crippen LogP contribution in [0.3, 0.4) is 0 Å². The monoisotopic (exact) mass is 313 g/mol. The number of nitrogens with one attached hydrogen (secondary N) is 1. The van der Waals surface area contributed by atoms with Crippen molar-refractivity contribution in [2.45, 2.75) is 25.8 Å². The predicted molar refractivity (Wildman–Crippen MR) is 80.4 cm³/mol. The fourth-order valence-corrected chi connectivity index (χ4v) is 2.11. The maximum atomic E-state index is 12.1. The van der Waals surface area contributed by atoms with Crippen molar-refractivity contribution < 1.29 is 19.4 Å². The van der Waals surface area contributed by atoms with Crippen LogP contribution in [0.15, 0.2) is 24.3 Å². The number of ether oxygens (including phenoxy) is 1. The van der Waals surface area contributed by atoms with Crippen molar-refractivity contribution >= 4 is 23.5 Å². The molecule has 0 aliphatic heterocycles. The zero-order valence-corrected chi connectivity index (χ0v) is 12.9. The van der Waals surface area contributed by atoms with Crippen molar-refractivity contribution in [3.05, 3.63) is 34.9 Å². The molecule has 0 bridgehead atoms. The van der Waals surface area contributed by atoms with Gasteiger partial charge in [0.05, 0.1) is 0 Å². The first-order valence-corrected chi connectivity index (χ1v) is 7.09. The number of carbonyl (C=O) groups is 2. The molecule has 1 rings (SSSR count). The molecule has 116 valence electrons. The molecule has 2 atom stereocenters. The summed E-state index contributed by atoms with van der Waals surface area (Å²) in [6.07, 6.45) is 0.693. The summed E-state index contributed by atoms with van der Waals surface area (Å²) in [5, 5.41) is 12.2. The lowest BCUT2D eigenvalue weighted by Gasteiger charge is -2.18. The maximum absolute atomic E-state index is 12.1. The molecule has 1 aromatic carbocycles. The minimum absolute atomic E-state index is 0.233. The van der Waals surface area contributed by atoms with Crippen molar-refractivity contribution in [3.63, 3.8) is 0 Å². The zero-order chi connectivity index (χ0) is 15.8. The first-order chi connectivity index (χ1) is 9.95. The number of halogens is 1. The summed E-state index contributed by atoms with van der Waals surface area (Å²) in [6.45, 7) is 2.02. The number of rotatable bonds is 8. The number of carbonyl (C=O) groups excluding carboxylic acids is 1. The summed E-state index contributed by atoms with van der Waals surface area (Å²) >= 11 is 6.06. The summed E-state index contributed by atoms with van der Waals surface area (Å²) in [4.78, 5) is 23.2. The Morgan fingerprint density at radius 2 is 2.05 bits per heavy atom. The smallest absolute Gasteiger partial charge is 0.326 e. The number of hydrogen-bond donors (Lipinski definition) is 2. The van der Waals surface area contributed by atoms with E-state index in [0.717, 1.165) is 5.56 Å². The summed E-state index contributed by atoms with van der Waals surface area (Å²) < 4.78 is 4.84. The molecule has 2 unspecified atom stereocenters. The molecule has 0 radical (unpaired) electrons. The number of amides is 1. The highest BCUT2D eigenvalue weighted by Gasteiger charge is 2.23. The molecule has 0 aromatic heterocycles. The minimum atomic E-state index is -1.06. The first kappa shape index (κ1) is 17.5. The fourth-order valence-electron chi connectivity index (χ4n) is 1.89. The van der Waals surface area contributed by atoms with Crippen LogP contribution in [0.5, 0.6) is 0 Å². The number of carboxylic acids is 1. The first-order valence-electron chi connectivity index (χ1n) is 6.71. The van der Waals surface area contributed by atoms with E-state index in [1.54, 1.807) is 13.0 Å². The molecule has 0 spiro atoms. The Hall–Kier alpha value is -1.59. The van der Waals surface area contributed by atoms with Gasteiger partial charge in [-0.25, -0.2) is 4.79 Å². The third kappa shape index (κ3) is 5.73. The van der Waals surface area contributed by atoms with E-state index in [4.69, 9.17) is 21.4 Å². The van der Waals surface area contributed by atoms with E-state index < -0.39 is 12.0 Å². The third-order valence-electron chi connectivity index (χ3n) is 3.16. The third-order valence-corrected chi connectivity index (χ3v) is 3.53. The highest BCUT2D eigenvalue weighted by Crippen LogP contribution is 2.18. The molecule has 1 amide bonds. The number of methoxy groups -OCH3 is 1. The molecular weight excluding hydrogens is 294 g/mol. The molecule has 0 heterocycles. The second kappa shape index (κ2) is 8.64. The Balaban J connectivity index is 2.61. The molecule has 5 nitrogen and oxygen atoms in total. The molecule has 21 heavy (non-hydrogen) atoms. The summed E-state index contributed by atoms with van der Waals surface area (Å²) in [5.41, 5.74) is 0.866. The highest BCUT2D eigenvalue weighted by atomic mass is 35.5. The van der Waals surface area contributed by atoms with Gasteiger partial charge < -0.3 is 15.2 Å². The number of benzene rings is 1. The molecule has 0 saturated heterocycles. The number of hydrogen-bond acceptors (Lipinski definition) is 3. The van der Waals surface area contributed by atoms with E-state index in [1.807, 2.05) is 18.2 Å². The molecule has 0 saturated carbocycles. The predicted octanol–water partition coefficient (Wildman–Crippen LogP) is 2.12. The second-order valence-electron chi connectivity index (χ2n) is 4.88. The average molecular weight is 314 g/mol. The standard InChI is InChI=1S/C15H20ClNO4/c1-10(9-11-5-3-4-6-12(11)16)14(18)17-13(15(19)20)7-8-21-2/h3-6,10,13H,7-9H2,1-2H3,(H,17,18)(H,19,20). The van der Waals surface area contributed by atoms with Gasteiger partial charge in [-0.1, -0.05) is 36.7 Å². The van der Waals surface area contributed by atoms with E-state index in [1.165, 1.54) is 7.11 Å². The molecule has 0 aliphatic carbocycles. The second-order valence-corrected chi connectivity index (χ2v) is 5.28. The van der Waals surface area contributed by atoms with Gasteiger partial charge in [0.2, 0.25) is 5.91 Å². The van der Waals surface area contributed by atoms with Crippen LogP contribution in [0.25, 0.3) is 0 Å². The summed E-state index contributed by atoms with van der Waals surface area (Å²) in [5.74, 6) is -1.74. The molecule has 6 heteroatoms. The Labute approximate surface area is 129 Å². The van der Waals surface area contributed by atoms with Crippen LogP contribution >= 0.6 is 11.6 Å². The largest absolute Gasteiger partial charge is 0.480 e. The van der Waals surface area contributed by atoms with Crippen LogP contribution in [0.1, 0.15) is 18.9 Å². The summed E-state index contributed by atoms with van der Waals surface area (Å²) in [6, 6.07) is 6.35. The molecular formula is C15H20ClNO4. The normalized spacial score (nSPS) is 13.5. The van der Waals surface area contributed by atoms with Gasteiger partial charge >= 0.3 is 5.97 Å². The minimum Gasteiger partial charge on any atom is -0.480 e. The van der Waals surface area contributed by atoms with E-state index in [9.17, 15) is 9.59 Å². The van der Waals surface area contributed by atoms with Gasteiger partial charge in [-0.2, -0.15) is 0 Å². The van der Waals surface area contributed by atoms with Gasteiger partial charge in [-0.05, 0) is 18.1 Å². The lowest BCUT2D eigenvalue weighted by molar-refractivity contribution is -0.142. The van der Waals surface area contributed by atoms with Gasteiger partial charge in [0, 0.05) is 31.1 Å². The molecule has 2 N–H and O–H groups in total. The highest BCUT2D eigenvalue weighted by molar-refractivity contribution is 6.31. The van der Waals surface area contributed by atoms with Gasteiger partial charge in [0.15, 0.2) is 0 Å². The van der Waals surface area contributed by atoms with Crippen LogP contribution in [-0.4, -0.2) is 36.7 Å². The van der Waals surface area contributed by atoms with Crippen molar-refractivity contribution in [2.24, 2.45) is 5.92 Å². The van der Waals surface area contributed by atoms with Crippen LogP contribution in [-0.2, 0) is 20.7 Å². The Kier molecular flexibility index (Phi) is 7.19. The van der Waals surface area contributed by atoms with Crippen LogP contribution < -0.4 is 5.32 Å². The van der Waals surface area contributed by atoms with Gasteiger partial charge in [0.25, 0.3) is 0 Å². The van der Waals surface area contributed by atoms with E-state index in [-0.39, 0.29) is 24.9 Å². The lowest BCUT2D eigenvalue weighted by atomic mass is 10.00. The van der Waals surface area contributed by atoms with E-state index in [2.05, 4.69) is 5.32 Å². The van der Waals surface area contributed by atoms with Crippen LogP contribution in [0, 0.1) is 5.92 Å². The van der Waals surface area contributed by atoms with Crippen LogP contribution in [0.4, 0.5) is 0 Å². The van der Waals surface area contributed by atoms with Crippen LogP contribution in [0.2, 0.25) is 5.02 Å².